The van der Waals surface area contributed by atoms with E-state index in [1.807, 2.05) is 0 Å². The fourth-order valence-corrected chi connectivity index (χ4v) is 1.77. The smallest absolute Gasteiger partial charge is 0.417 e. The van der Waals surface area contributed by atoms with Gasteiger partial charge in [0.05, 0.1) is 11.1 Å². The Bertz CT molecular complexity index is 417. The monoisotopic (exact) mass is 331 g/mol. The standard InChI is InChI=1S/C8H5F3INO2/c9-8(10,11)4-2-6(13)3(7(14)15)1-5(4)12/h1-2H,13H2,(H,14,15). The Balaban J connectivity index is 3.39. The highest BCUT2D eigenvalue weighted by atomic mass is 127. The summed E-state index contributed by atoms with van der Waals surface area (Å²) in [7, 11) is 0. The fourth-order valence-electron chi connectivity index (χ4n) is 0.992. The van der Waals surface area contributed by atoms with Crippen LogP contribution in [-0.4, -0.2) is 11.1 Å². The number of hydrogen-bond donors (Lipinski definition) is 2. The highest BCUT2D eigenvalue weighted by Gasteiger charge is 2.34. The predicted molar refractivity (Wildman–Crippen MR) is 55.5 cm³/mol. The molecule has 15 heavy (non-hydrogen) atoms. The molecule has 0 atom stereocenters. The first-order valence-electron chi connectivity index (χ1n) is 3.63. The van der Waals surface area contributed by atoms with Crippen molar-refractivity contribution in [2.75, 3.05) is 5.73 Å². The lowest BCUT2D eigenvalue weighted by Gasteiger charge is -2.11. The molecule has 1 aromatic carbocycles. The highest BCUT2D eigenvalue weighted by Crippen LogP contribution is 2.35. The van der Waals surface area contributed by atoms with Gasteiger partial charge in [-0.15, -0.1) is 0 Å². The molecule has 0 aromatic heterocycles. The molecule has 0 heterocycles. The first-order valence-corrected chi connectivity index (χ1v) is 4.71. The van der Waals surface area contributed by atoms with Gasteiger partial charge in [0.2, 0.25) is 0 Å². The van der Waals surface area contributed by atoms with E-state index < -0.39 is 23.4 Å². The second-order valence-electron chi connectivity index (χ2n) is 2.72. The Kier molecular flexibility index (Phi) is 3.12. The van der Waals surface area contributed by atoms with Gasteiger partial charge in [-0.3, -0.25) is 0 Å². The Hall–Kier alpha value is -0.990. The van der Waals surface area contributed by atoms with Gasteiger partial charge < -0.3 is 10.8 Å². The van der Waals surface area contributed by atoms with E-state index in [-0.39, 0.29) is 9.13 Å². The van der Waals surface area contributed by atoms with Crippen LogP contribution in [0.15, 0.2) is 12.1 Å². The van der Waals surface area contributed by atoms with Crippen LogP contribution in [0.3, 0.4) is 0 Å². The number of carboxylic acid groups (broad SMARTS) is 1. The number of nitrogens with two attached hydrogens (primary N) is 1. The van der Waals surface area contributed by atoms with Gasteiger partial charge in [-0.05, 0) is 34.7 Å². The molecule has 0 aliphatic heterocycles. The normalized spacial score (nSPS) is 11.5. The number of carbonyl (C=O) groups is 1. The van der Waals surface area contributed by atoms with E-state index in [1.165, 1.54) is 22.6 Å². The minimum Gasteiger partial charge on any atom is -0.478 e. The van der Waals surface area contributed by atoms with E-state index in [9.17, 15) is 18.0 Å². The molecule has 0 radical (unpaired) electrons. The first kappa shape index (κ1) is 12.1. The van der Waals surface area contributed by atoms with Crippen molar-refractivity contribution in [1.82, 2.24) is 0 Å². The van der Waals surface area contributed by atoms with E-state index in [0.29, 0.717) is 6.07 Å². The molecule has 3 nitrogen and oxygen atoms in total. The molecule has 0 aliphatic rings. The number of rotatable bonds is 1. The Morgan fingerprint density at radius 2 is 1.93 bits per heavy atom. The second-order valence-corrected chi connectivity index (χ2v) is 3.88. The van der Waals surface area contributed by atoms with Crippen LogP contribution in [0, 0.1) is 3.57 Å². The first-order chi connectivity index (χ1) is 6.73. The van der Waals surface area contributed by atoms with Crippen LogP contribution in [0.5, 0.6) is 0 Å². The van der Waals surface area contributed by atoms with Crippen molar-refractivity contribution >= 4 is 34.2 Å². The lowest BCUT2D eigenvalue weighted by molar-refractivity contribution is -0.138. The van der Waals surface area contributed by atoms with Crippen molar-refractivity contribution < 1.29 is 23.1 Å². The van der Waals surface area contributed by atoms with Gasteiger partial charge in [0.15, 0.2) is 0 Å². The van der Waals surface area contributed by atoms with Gasteiger partial charge >= 0.3 is 12.1 Å². The summed E-state index contributed by atoms with van der Waals surface area (Å²) in [5.74, 6) is -1.35. The Labute approximate surface area is 96.2 Å². The average Bonchev–Trinajstić information content (AvgIpc) is 2.06. The summed E-state index contributed by atoms with van der Waals surface area (Å²) in [5.41, 5.74) is 3.56. The van der Waals surface area contributed by atoms with Gasteiger partial charge in [-0.2, -0.15) is 13.2 Å². The number of benzene rings is 1. The summed E-state index contributed by atoms with van der Waals surface area (Å²) in [6, 6.07) is 1.53. The molecule has 0 unspecified atom stereocenters. The molecule has 1 rings (SSSR count). The number of aromatic carboxylic acids is 1. The molecule has 0 bridgehead atoms. The molecule has 0 amide bonds. The third-order valence-electron chi connectivity index (χ3n) is 1.68. The fraction of sp³-hybridized carbons (Fsp3) is 0.125. The van der Waals surface area contributed by atoms with Crippen molar-refractivity contribution in [3.05, 3.63) is 26.8 Å². The zero-order valence-electron chi connectivity index (χ0n) is 7.10. The van der Waals surface area contributed by atoms with E-state index >= 15 is 0 Å². The minimum absolute atomic E-state index is 0.188. The highest BCUT2D eigenvalue weighted by molar-refractivity contribution is 14.1. The van der Waals surface area contributed by atoms with Crippen molar-refractivity contribution in [2.45, 2.75) is 6.18 Å². The number of nitrogen functional groups attached to an aromatic ring is 1. The van der Waals surface area contributed by atoms with Crippen LogP contribution in [-0.2, 0) is 6.18 Å². The molecule has 0 fully saturated rings. The lowest BCUT2D eigenvalue weighted by Crippen LogP contribution is -2.11. The van der Waals surface area contributed by atoms with E-state index in [0.717, 1.165) is 6.07 Å². The third-order valence-corrected chi connectivity index (χ3v) is 2.57. The van der Waals surface area contributed by atoms with Crippen LogP contribution in [0.25, 0.3) is 0 Å². The van der Waals surface area contributed by atoms with Crippen LogP contribution in [0.2, 0.25) is 0 Å². The van der Waals surface area contributed by atoms with E-state index in [1.54, 1.807) is 0 Å². The van der Waals surface area contributed by atoms with Gasteiger partial charge in [-0.25, -0.2) is 4.79 Å². The summed E-state index contributed by atoms with van der Waals surface area (Å²) in [6.07, 6.45) is -4.53. The van der Waals surface area contributed by atoms with Crippen molar-refractivity contribution in [2.24, 2.45) is 0 Å². The number of anilines is 1. The summed E-state index contributed by atoms with van der Waals surface area (Å²) >= 11 is 1.42. The molecular formula is C8H5F3INO2. The average molecular weight is 331 g/mol. The molecule has 0 spiro atoms. The maximum Gasteiger partial charge on any atom is 0.417 e. The predicted octanol–water partition coefficient (Wildman–Crippen LogP) is 2.59. The van der Waals surface area contributed by atoms with Gasteiger partial charge in [0.1, 0.15) is 0 Å². The van der Waals surface area contributed by atoms with Gasteiger partial charge in [0.25, 0.3) is 0 Å². The Morgan fingerprint density at radius 3 is 2.33 bits per heavy atom. The number of alkyl halides is 3. The SMILES string of the molecule is Nc1cc(C(F)(F)F)c(I)cc1C(=O)O. The second kappa shape index (κ2) is 3.87. The van der Waals surface area contributed by atoms with Crippen molar-refractivity contribution in [3.8, 4) is 0 Å². The van der Waals surface area contributed by atoms with Gasteiger partial charge in [-0.1, -0.05) is 0 Å². The molecular weight excluding hydrogens is 326 g/mol. The van der Waals surface area contributed by atoms with E-state index in [2.05, 4.69) is 0 Å². The molecule has 0 saturated heterocycles. The zero-order chi connectivity index (χ0) is 11.8. The molecule has 1 aromatic rings. The van der Waals surface area contributed by atoms with E-state index in [4.69, 9.17) is 10.8 Å². The number of hydrogen-bond acceptors (Lipinski definition) is 2. The van der Waals surface area contributed by atoms with Crippen molar-refractivity contribution in [3.63, 3.8) is 0 Å². The molecule has 3 N–H and O–H groups in total. The van der Waals surface area contributed by atoms with Crippen molar-refractivity contribution in [1.29, 1.82) is 0 Å². The maximum atomic E-state index is 12.4. The summed E-state index contributed by atoms with van der Waals surface area (Å²) in [6.45, 7) is 0. The molecule has 0 saturated carbocycles. The molecule has 0 aliphatic carbocycles. The number of carboxylic acids is 1. The maximum absolute atomic E-state index is 12.4. The summed E-state index contributed by atoms with van der Waals surface area (Å²) in [4.78, 5) is 10.6. The van der Waals surface area contributed by atoms with Crippen LogP contribution in [0.1, 0.15) is 15.9 Å². The third kappa shape index (κ3) is 2.52. The largest absolute Gasteiger partial charge is 0.478 e. The molecule has 82 valence electrons. The summed E-state index contributed by atoms with van der Waals surface area (Å²) < 4.78 is 36.9. The summed E-state index contributed by atoms with van der Waals surface area (Å²) in [5, 5.41) is 8.62. The quantitative estimate of drug-likeness (QED) is 0.614. The van der Waals surface area contributed by atoms with Gasteiger partial charge in [0, 0.05) is 9.26 Å². The topological polar surface area (TPSA) is 63.3 Å². The van der Waals surface area contributed by atoms with Crippen LogP contribution < -0.4 is 5.73 Å². The number of halogens is 4. The van der Waals surface area contributed by atoms with Crippen LogP contribution >= 0.6 is 22.6 Å². The Morgan fingerprint density at radius 1 is 1.40 bits per heavy atom. The molecule has 7 heteroatoms. The van der Waals surface area contributed by atoms with Crippen LogP contribution in [0.4, 0.5) is 18.9 Å². The zero-order valence-corrected chi connectivity index (χ0v) is 9.26. The minimum atomic E-state index is -4.53. The lowest BCUT2D eigenvalue weighted by atomic mass is 10.1.